The highest BCUT2D eigenvalue weighted by Gasteiger charge is 1.92. The summed E-state index contributed by atoms with van der Waals surface area (Å²) in [6.45, 7) is 18.0. The monoisotopic (exact) mass is 221 g/mol. The minimum atomic E-state index is 1.00. The van der Waals surface area contributed by atoms with Gasteiger partial charge in [-0.1, -0.05) is 52.0 Å². The van der Waals surface area contributed by atoms with E-state index in [1.54, 1.807) is 6.08 Å². The lowest BCUT2D eigenvalue weighted by Gasteiger charge is -2.08. The van der Waals surface area contributed by atoms with E-state index in [1.807, 2.05) is 19.9 Å². The number of rotatable bonds is 6. The number of hydrogen-bond donors (Lipinski definition) is 1. The predicted octanol–water partition coefficient (Wildman–Crippen LogP) is 4.95. The molecule has 0 saturated heterocycles. The van der Waals surface area contributed by atoms with E-state index in [9.17, 15) is 0 Å². The highest BCUT2D eigenvalue weighted by Crippen LogP contribution is 2.03. The third-order valence-corrected chi connectivity index (χ3v) is 1.69. The van der Waals surface area contributed by atoms with Crippen LogP contribution in [0.4, 0.5) is 0 Å². The maximum absolute atomic E-state index is 3.94. The molecule has 0 radical (unpaired) electrons. The van der Waals surface area contributed by atoms with E-state index in [-0.39, 0.29) is 0 Å². The molecule has 0 amide bonds. The summed E-state index contributed by atoms with van der Waals surface area (Å²) >= 11 is 0. The van der Waals surface area contributed by atoms with Crippen molar-refractivity contribution >= 4 is 0 Å². The van der Waals surface area contributed by atoms with Crippen molar-refractivity contribution in [3.05, 3.63) is 48.4 Å². The summed E-state index contributed by atoms with van der Waals surface area (Å²) in [7, 11) is 0. The zero-order valence-corrected chi connectivity index (χ0v) is 11.6. The van der Waals surface area contributed by atoms with Gasteiger partial charge in [-0.05, 0) is 32.4 Å². The van der Waals surface area contributed by atoms with E-state index in [0.717, 1.165) is 24.2 Å². The Hall–Kier alpha value is -1.24. The van der Waals surface area contributed by atoms with Gasteiger partial charge in [-0.3, -0.25) is 0 Å². The van der Waals surface area contributed by atoms with Crippen molar-refractivity contribution in [2.75, 3.05) is 0 Å². The van der Waals surface area contributed by atoms with Gasteiger partial charge in [0.15, 0.2) is 0 Å². The molecule has 0 aliphatic carbocycles. The fraction of sp³-hybridized carbons (Fsp3) is 0.467. The second kappa shape index (κ2) is 11.8. The zero-order valence-electron chi connectivity index (χ0n) is 11.6. The average molecular weight is 221 g/mol. The molecule has 0 spiro atoms. The van der Waals surface area contributed by atoms with Crippen LogP contribution in [0.25, 0.3) is 0 Å². The first-order chi connectivity index (χ1) is 7.60. The van der Waals surface area contributed by atoms with Crippen LogP contribution in [-0.2, 0) is 0 Å². The molecule has 0 aromatic rings. The van der Waals surface area contributed by atoms with Crippen molar-refractivity contribution in [2.24, 2.45) is 0 Å². The lowest BCUT2D eigenvalue weighted by molar-refractivity contribution is 0.829. The number of hydrogen-bond acceptors (Lipinski definition) is 1. The van der Waals surface area contributed by atoms with Crippen LogP contribution in [0.5, 0.6) is 0 Å². The Morgan fingerprint density at radius 3 is 2.12 bits per heavy atom. The van der Waals surface area contributed by atoms with E-state index < -0.39 is 0 Å². The SMILES string of the molecule is C=C/C(=C\C=C(C)C)NC(=C)CCC.CC. The predicted molar refractivity (Wildman–Crippen MR) is 76.2 cm³/mol. The molecule has 0 bridgehead atoms. The van der Waals surface area contributed by atoms with Gasteiger partial charge >= 0.3 is 0 Å². The summed E-state index contributed by atoms with van der Waals surface area (Å²) in [6, 6.07) is 0. The van der Waals surface area contributed by atoms with Crippen LogP contribution >= 0.6 is 0 Å². The van der Waals surface area contributed by atoms with E-state index in [0.29, 0.717) is 0 Å². The minimum Gasteiger partial charge on any atom is -0.359 e. The molecule has 0 rings (SSSR count). The Kier molecular flexibility index (Phi) is 12.7. The largest absolute Gasteiger partial charge is 0.359 e. The van der Waals surface area contributed by atoms with Crippen LogP contribution in [0.15, 0.2) is 48.4 Å². The lowest BCUT2D eigenvalue weighted by Crippen LogP contribution is -2.09. The molecule has 0 heterocycles. The van der Waals surface area contributed by atoms with Crippen LogP contribution in [-0.4, -0.2) is 0 Å². The summed E-state index contributed by atoms with van der Waals surface area (Å²) in [5.41, 5.74) is 3.32. The van der Waals surface area contributed by atoms with Crippen molar-refractivity contribution in [2.45, 2.75) is 47.5 Å². The fourth-order valence-corrected chi connectivity index (χ4v) is 0.986. The molecule has 0 aliphatic rings. The van der Waals surface area contributed by atoms with Crippen molar-refractivity contribution in [1.29, 1.82) is 0 Å². The molecule has 0 aromatic carbocycles. The third-order valence-electron chi connectivity index (χ3n) is 1.69. The molecule has 0 aromatic heterocycles. The minimum absolute atomic E-state index is 1.00. The summed E-state index contributed by atoms with van der Waals surface area (Å²) < 4.78 is 0. The van der Waals surface area contributed by atoms with Crippen LogP contribution in [0, 0.1) is 0 Å². The normalized spacial score (nSPS) is 9.69. The summed E-state index contributed by atoms with van der Waals surface area (Å²) in [5.74, 6) is 0. The van der Waals surface area contributed by atoms with E-state index >= 15 is 0 Å². The average Bonchev–Trinajstić information content (AvgIpc) is 2.27. The van der Waals surface area contributed by atoms with Gasteiger partial charge in [-0.15, -0.1) is 0 Å². The first-order valence-electron chi connectivity index (χ1n) is 6.02. The second-order valence-corrected chi connectivity index (χ2v) is 3.55. The van der Waals surface area contributed by atoms with Crippen molar-refractivity contribution in [1.82, 2.24) is 5.32 Å². The standard InChI is InChI=1S/C13H21N.C2H6/c1-6-8-12(5)14-13(7-2)10-9-11(3)4;1-2/h7,9-10,14H,2,5-6,8H2,1,3-4H3;1-2H3/b13-10+;. The first-order valence-corrected chi connectivity index (χ1v) is 6.02. The van der Waals surface area contributed by atoms with E-state index in [4.69, 9.17) is 0 Å². The van der Waals surface area contributed by atoms with Gasteiger partial charge < -0.3 is 5.32 Å². The maximum Gasteiger partial charge on any atom is 0.0375 e. The van der Waals surface area contributed by atoms with Gasteiger partial charge in [0.2, 0.25) is 0 Å². The fourth-order valence-electron chi connectivity index (χ4n) is 0.986. The topological polar surface area (TPSA) is 12.0 Å². The highest BCUT2D eigenvalue weighted by atomic mass is 14.9. The second-order valence-electron chi connectivity index (χ2n) is 3.55. The molecule has 16 heavy (non-hydrogen) atoms. The van der Waals surface area contributed by atoms with Crippen molar-refractivity contribution in [3.8, 4) is 0 Å². The van der Waals surface area contributed by atoms with Crippen LogP contribution < -0.4 is 5.32 Å². The Bertz CT molecular complexity index is 253. The van der Waals surface area contributed by atoms with E-state index in [1.165, 1.54) is 5.57 Å². The maximum atomic E-state index is 3.94. The molecule has 0 aliphatic heterocycles. The molecule has 0 atom stereocenters. The Labute approximate surface area is 102 Å². The molecule has 0 saturated carbocycles. The third kappa shape index (κ3) is 10.8. The molecule has 1 nitrogen and oxygen atoms in total. The molecule has 0 fully saturated rings. The van der Waals surface area contributed by atoms with Gasteiger partial charge in [0.25, 0.3) is 0 Å². The number of nitrogens with one attached hydrogen (secondary N) is 1. The van der Waals surface area contributed by atoms with Gasteiger partial charge in [0.05, 0.1) is 0 Å². The van der Waals surface area contributed by atoms with Gasteiger partial charge in [0.1, 0.15) is 0 Å². The first kappa shape index (κ1) is 17.2. The van der Waals surface area contributed by atoms with Crippen LogP contribution in [0.3, 0.4) is 0 Å². The van der Waals surface area contributed by atoms with Gasteiger partial charge in [0, 0.05) is 11.4 Å². The molecular formula is C15H27N. The van der Waals surface area contributed by atoms with Crippen molar-refractivity contribution in [3.63, 3.8) is 0 Å². The molecule has 92 valence electrons. The Morgan fingerprint density at radius 1 is 1.19 bits per heavy atom. The zero-order chi connectivity index (χ0) is 13.0. The van der Waals surface area contributed by atoms with Crippen molar-refractivity contribution < 1.29 is 0 Å². The molecule has 1 N–H and O–H groups in total. The lowest BCUT2D eigenvalue weighted by atomic mass is 10.2. The number of allylic oxidation sites excluding steroid dienone is 5. The summed E-state index contributed by atoms with van der Waals surface area (Å²) in [6.07, 6.45) is 7.99. The van der Waals surface area contributed by atoms with Crippen LogP contribution in [0.1, 0.15) is 47.5 Å². The quantitative estimate of drug-likeness (QED) is 0.626. The summed E-state index contributed by atoms with van der Waals surface area (Å²) in [4.78, 5) is 0. The molecular weight excluding hydrogens is 194 g/mol. The van der Waals surface area contributed by atoms with E-state index in [2.05, 4.69) is 45.3 Å². The highest BCUT2D eigenvalue weighted by molar-refractivity contribution is 5.25. The van der Waals surface area contributed by atoms with Gasteiger partial charge in [-0.2, -0.15) is 0 Å². The van der Waals surface area contributed by atoms with Gasteiger partial charge in [-0.25, -0.2) is 0 Å². The van der Waals surface area contributed by atoms with Crippen LogP contribution in [0.2, 0.25) is 0 Å². The molecule has 1 heteroatoms. The molecule has 0 unspecified atom stereocenters. The smallest absolute Gasteiger partial charge is 0.0375 e. The Morgan fingerprint density at radius 2 is 1.75 bits per heavy atom. The summed E-state index contributed by atoms with van der Waals surface area (Å²) in [5, 5.41) is 3.23. The Balaban J connectivity index is 0.